The van der Waals surface area contributed by atoms with E-state index in [-0.39, 0.29) is 5.56 Å². The van der Waals surface area contributed by atoms with Crippen LogP contribution < -0.4 is 11.1 Å². The Morgan fingerprint density at radius 3 is 2.71 bits per heavy atom. The molecule has 4 N–H and O–H groups in total. The van der Waals surface area contributed by atoms with Crippen molar-refractivity contribution in [1.29, 1.82) is 0 Å². The normalized spacial score (nSPS) is 16.6. The van der Waals surface area contributed by atoms with Gasteiger partial charge in [0, 0.05) is 17.4 Å². The molecule has 1 unspecified atom stereocenters. The van der Waals surface area contributed by atoms with E-state index in [2.05, 4.69) is 12.2 Å². The minimum atomic E-state index is -0.978. The van der Waals surface area contributed by atoms with Crippen LogP contribution in [0.25, 0.3) is 0 Å². The van der Waals surface area contributed by atoms with Crippen molar-refractivity contribution in [3.63, 3.8) is 0 Å². The molecule has 1 atom stereocenters. The third-order valence-corrected chi connectivity index (χ3v) is 3.34. The van der Waals surface area contributed by atoms with Gasteiger partial charge in [-0.05, 0) is 50.3 Å². The van der Waals surface area contributed by atoms with Crippen LogP contribution in [0.15, 0.2) is 12.1 Å². The smallest absolute Gasteiger partial charge is 0.337 e. The summed E-state index contributed by atoms with van der Waals surface area (Å²) < 4.78 is 0. The van der Waals surface area contributed by atoms with Crippen molar-refractivity contribution in [2.75, 3.05) is 11.1 Å². The second-order valence-corrected chi connectivity index (χ2v) is 4.83. The Labute approximate surface area is 101 Å². The molecule has 1 aromatic carbocycles. The number of nitrogen functional groups attached to an aromatic ring is 1. The molecule has 4 nitrogen and oxygen atoms in total. The summed E-state index contributed by atoms with van der Waals surface area (Å²) in [6.07, 6.45) is 2.52. The third kappa shape index (κ3) is 2.52. The van der Waals surface area contributed by atoms with Crippen molar-refractivity contribution >= 4 is 17.3 Å². The summed E-state index contributed by atoms with van der Waals surface area (Å²) in [6, 6.07) is 3.91. The average molecular weight is 234 g/mol. The highest BCUT2D eigenvalue weighted by Crippen LogP contribution is 2.34. The monoisotopic (exact) mass is 234 g/mol. The molecule has 0 heterocycles. The second kappa shape index (κ2) is 4.28. The molecule has 0 saturated heterocycles. The molecule has 1 fully saturated rings. The van der Waals surface area contributed by atoms with Crippen LogP contribution in [-0.2, 0) is 0 Å². The number of rotatable bonds is 4. The molecule has 0 amide bonds. The maximum atomic E-state index is 11.1. The van der Waals surface area contributed by atoms with Crippen molar-refractivity contribution in [3.05, 3.63) is 23.3 Å². The first-order chi connectivity index (χ1) is 7.99. The lowest BCUT2D eigenvalue weighted by Gasteiger charge is -2.16. The Bertz CT molecular complexity index is 453. The van der Waals surface area contributed by atoms with Gasteiger partial charge in [0.05, 0.1) is 5.56 Å². The van der Waals surface area contributed by atoms with Crippen LogP contribution in [0, 0.1) is 12.8 Å². The molecule has 1 aromatic rings. The van der Waals surface area contributed by atoms with E-state index in [0.29, 0.717) is 11.7 Å². The van der Waals surface area contributed by atoms with Crippen LogP contribution in [0.2, 0.25) is 0 Å². The number of nitrogens with two attached hydrogens (primary N) is 1. The molecule has 0 aromatic heterocycles. The Hall–Kier alpha value is -1.71. The minimum absolute atomic E-state index is 0.176. The van der Waals surface area contributed by atoms with E-state index in [0.717, 1.165) is 17.2 Å². The molecule has 0 spiro atoms. The summed E-state index contributed by atoms with van der Waals surface area (Å²) in [5.41, 5.74) is 7.91. The molecular formula is C13H18N2O2. The zero-order chi connectivity index (χ0) is 12.6. The Kier molecular flexibility index (Phi) is 2.96. The van der Waals surface area contributed by atoms with Gasteiger partial charge in [0.15, 0.2) is 0 Å². The Balaban J connectivity index is 2.25. The quantitative estimate of drug-likeness (QED) is 0.700. The number of hydrogen-bond acceptors (Lipinski definition) is 3. The van der Waals surface area contributed by atoms with E-state index in [1.165, 1.54) is 12.8 Å². The zero-order valence-corrected chi connectivity index (χ0v) is 10.2. The number of aromatic carboxylic acids is 1. The topological polar surface area (TPSA) is 75.3 Å². The van der Waals surface area contributed by atoms with Gasteiger partial charge in [-0.3, -0.25) is 0 Å². The number of nitrogens with one attached hydrogen (secondary N) is 1. The number of carboxylic acids is 1. The minimum Gasteiger partial charge on any atom is -0.478 e. The third-order valence-electron chi connectivity index (χ3n) is 3.34. The first-order valence-electron chi connectivity index (χ1n) is 5.89. The van der Waals surface area contributed by atoms with Gasteiger partial charge in [-0.15, -0.1) is 0 Å². The van der Waals surface area contributed by atoms with Crippen LogP contribution in [0.4, 0.5) is 11.4 Å². The highest BCUT2D eigenvalue weighted by Gasteiger charge is 2.28. The number of carbonyl (C=O) groups is 1. The summed E-state index contributed by atoms with van der Waals surface area (Å²) in [4.78, 5) is 11.1. The van der Waals surface area contributed by atoms with Crippen LogP contribution in [0.5, 0.6) is 0 Å². The summed E-state index contributed by atoms with van der Waals surface area (Å²) >= 11 is 0. The maximum absolute atomic E-state index is 11.1. The van der Waals surface area contributed by atoms with Crippen LogP contribution >= 0.6 is 0 Å². The molecular weight excluding hydrogens is 216 g/mol. The lowest BCUT2D eigenvalue weighted by Crippen LogP contribution is -2.18. The molecule has 0 radical (unpaired) electrons. The predicted molar refractivity (Wildman–Crippen MR) is 68.4 cm³/mol. The number of anilines is 2. The summed E-state index contributed by atoms with van der Waals surface area (Å²) in [6.45, 7) is 3.96. The molecule has 2 rings (SSSR count). The fourth-order valence-corrected chi connectivity index (χ4v) is 2.04. The van der Waals surface area contributed by atoms with E-state index in [4.69, 9.17) is 10.8 Å². The van der Waals surface area contributed by atoms with Crippen LogP contribution in [0.1, 0.15) is 35.7 Å². The first-order valence-corrected chi connectivity index (χ1v) is 5.89. The van der Waals surface area contributed by atoms with E-state index >= 15 is 0 Å². The van der Waals surface area contributed by atoms with E-state index in [1.807, 2.05) is 13.0 Å². The van der Waals surface area contributed by atoms with Gasteiger partial charge in [-0.1, -0.05) is 0 Å². The maximum Gasteiger partial charge on any atom is 0.337 e. The van der Waals surface area contributed by atoms with Gasteiger partial charge < -0.3 is 16.2 Å². The van der Waals surface area contributed by atoms with E-state index in [1.54, 1.807) is 6.07 Å². The van der Waals surface area contributed by atoms with E-state index in [9.17, 15) is 4.79 Å². The van der Waals surface area contributed by atoms with Gasteiger partial charge in [-0.2, -0.15) is 0 Å². The highest BCUT2D eigenvalue weighted by molar-refractivity contribution is 5.95. The second-order valence-electron chi connectivity index (χ2n) is 4.83. The Morgan fingerprint density at radius 1 is 1.53 bits per heavy atom. The molecule has 17 heavy (non-hydrogen) atoms. The van der Waals surface area contributed by atoms with Gasteiger partial charge in [-0.25, -0.2) is 4.79 Å². The van der Waals surface area contributed by atoms with Gasteiger partial charge >= 0.3 is 5.97 Å². The van der Waals surface area contributed by atoms with Crippen molar-refractivity contribution in [2.45, 2.75) is 32.7 Å². The highest BCUT2D eigenvalue weighted by atomic mass is 16.4. The molecule has 1 aliphatic carbocycles. The largest absolute Gasteiger partial charge is 0.478 e. The van der Waals surface area contributed by atoms with Crippen LogP contribution in [0.3, 0.4) is 0 Å². The first kappa shape index (κ1) is 11.8. The fourth-order valence-electron chi connectivity index (χ4n) is 2.04. The molecule has 1 saturated carbocycles. The lowest BCUT2D eigenvalue weighted by molar-refractivity contribution is 0.0698. The zero-order valence-electron chi connectivity index (χ0n) is 10.2. The molecule has 92 valence electrons. The molecule has 0 bridgehead atoms. The molecule has 0 aliphatic heterocycles. The number of carboxylic acid groups (broad SMARTS) is 1. The summed E-state index contributed by atoms with van der Waals surface area (Å²) in [5, 5.41) is 12.4. The number of hydrogen-bond donors (Lipinski definition) is 3. The molecule has 4 heteroatoms. The van der Waals surface area contributed by atoms with Crippen molar-refractivity contribution in [2.24, 2.45) is 5.92 Å². The number of benzene rings is 1. The van der Waals surface area contributed by atoms with Crippen LogP contribution in [-0.4, -0.2) is 17.1 Å². The van der Waals surface area contributed by atoms with Crippen molar-refractivity contribution in [1.82, 2.24) is 0 Å². The SMILES string of the molecule is Cc1cc(NC(C)C2CC2)cc(C(=O)O)c1N. The number of aryl methyl sites for hydroxylation is 1. The summed E-state index contributed by atoms with van der Waals surface area (Å²) in [5.74, 6) is -0.255. The molecule has 1 aliphatic rings. The Morgan fingerprint density at radius 2 is 2.18 bits per heavy atom. The van der Waals surface area contributed by atoms with E-state index < -0.39 is 5.97 Å². The average Bonchev–Trinajstić information content (AvgIpc) is 3.06. The fraction of sp³-hybridized carbons (Fsp3) is 0.462. The van der Waals surface area contributed by atoms with Gasteiger partial charge in [0.2, 0.25) is 0 Å². The lowest BCUT2D eigenvalue weighted by atomic mass is 10.1. The predicted octanol–water partition coefficient (Wildman–Crippen LogP) is 2.49. The van der Waals surface area contributed by atoms with Gasteiger partial charge in [0.25, 0.3) is 0 Å². The summed E-state index contributed by atoms with van der Waals surface area (Å²) in [7, 11) is 0. The van der Waals surface area contributed by atoms with Gasteiger partial charge in [0.1, 0.15) is 0 Å². The standard InChI is InChI=1S/C13H18N2O2/c1-7-5-10(15-8(2)9-3-4-9)6-11(12(7)14)13(16)17/h5-6,8-9,15H,3-4,14H2,1-2H3,(H,16,17). The van der Waals surface area contributed by atoms with Crippen molar-refractivity contribution < 1.29 is 9.90 Å². The van der Waals surface area contributed by atoms with Crippen molar-refractivity contribution in [3.8, 4) is 0 Å².